The SMILES string of the molecule is C=CCN(C)Cc1ccc(-c2nsc(-c3ccc(F)cc3)n2)cc1. The van der Waals surface area contributed by atoms with Crippen LogP contribution >= 0.6 is 11.5 Å². The molecule has 0 aliphatic rings. The lowest BCUT2D eigenvalue weighted by Gasteiger charge is -2.14. The Morgan fingerprint density at radius 3 is 2.42 bits per heavy atom. The van der Waals surface area contributed by atoms with Crippen molar-refractivity contribution in [2.75, 3.05) is 13.6 Å². The van der Waals surface area contributed by atoms with Crippen molar-refractivity contribution >= 4 is 11.5 Å². The molecule has 0 saturated heterocycles. The lowest BCUT2D eigenvalue weighted by Crippen LogP contribution is -2.17. The van der Waals surface area contributed by atoms with Crippen molar-refractivity contribution in [1.29, 1.82) is 0 Å². The Morgan fingerprint density at radius 1 is 1.08 bits per heavy atom. The lowest BCUT2D eigenvalue weighted by molar-refractivity contribution is 0.364. The maximum absolute atomic E-state index is 13.0. The molecule has 5 heteroatoms. The third-order valence-electron chi connectivity index (χ3n) is 3.62. The molecule has 0 fully saturated rings. The first-order chi connectivity index (χ1) is 11.7. The third-order valence-corrected chi connectivity index (χ3v) is 4.39. The van der Waals surface area contributed by atoms with E-state index in [2.05, 4.69) is 40.0 Å². The van der Waals surface area contributed by atoms with Crippen molar-refractivity contribution in [1.82, 2.24) is 14.3 Å². The first-order valence-corrected chi connectivity index (χ1v) is 8.41. The van der Waals surface area contributed by atoms with Gasteiger partial charge in [0, 0.05) is 24.2 Å². The van der Waals surface area contributed by atoms with Gasteiger partial charge < -0.3 is 0 Å². The Kier molecular flexibility index (Phi) is 5.13. The van der Waals surface area contributed by atoms with Crippen LogP contribution in [-0.4, -0.2) is 27.8 Å². The van der Waals surface area contributed by atoms with Crippen LogP contribution in [0.3, 0.4) is 0 Å². The fourth-order valence-electron chi connectivity index (χ4n) is 2.41. The van der Waals surface area contributed by atoms with Crippen molar-refractivity contribution in [3.63, 3.8) is 0 Å². The first kappa shape index (κ1) is 16.5. The predicted molar refractivity (Wildman–Crippen MR) is 97.3 cm³/mol. The van der Waals surface area contributed by atoms with E-state index in [0.29, 0.717) is 5.82 Å². The van der Waals surface area contributed by atoms with Gasteiger partial charge in [0.25, 0.3) is 0 Å². The molecule has 1 heterocycles. The van der Waals surface area contributed by atoms with Crippen LogP contribution in [0, 0.1) is 5.82 Å². The van der Waals surface area contributed by atoms with Crippen LogP contribution in [0.4, 0.5) is 4.39 Å². The molecule has 0 aliphatic heterocycles. The Hall–Kier alpha value is -2.37. The van der Waals surface area contributed by atoms with Gasteiger partial charge >= 0.3 is 0 Å². The van der Waals surface area contributed by atoms with E-state index in [1.54, 1.807) is 12.1 Å². The molecule has 0 atom stereocenters. The van der Waals surface area contributed by atoms with Crippen molar-refractivity contribution in [2.24, 2.45) is 0 Å². The molecule has 3 nitrogen and oxygen atoms in total. The zero-order valence-corrected chi connectivity index (χ0v) is 14.3. The predicted octanol–water partition coefficient (Wildman–Crippen LogP) is 4.63. The normalized spacial score (nSPS) is 11.0. The zero-order chi connectivity index (χ0) is 16.9. The number of benzene rings is 2. The minimum atomic E-state index is -0.250. The van der Waals surface area contributed by atoms with Crippen LogP contribution in [0.2, 0.25) is 0 Å². The highest BCUT2D eigenvalue weighted by Gasteiger charge is 2.09. The minimum Gasteiger partial charge on any atom is -0.298 e. The average Bonchev–Trinajstić information content (AvgIpc) is 3.06. The maximum atomic E-state index is 13.0. The molecule has 0 aliphatic carbocycles. The van der Waals surface area contributed by atoms with Crippen molar-refractivity contribution in [3.05, 3.63) is 72.6 Å². The van der Waals surface area contributed by atoms with E-state index in [-0.39, 0.29) is 5.82 Å². The number of likely N-dealkylation sites (N-methyl/N-ethyl adjacent to an activating group) is 1. The fraction of sp³-hybridized carbons (Fsp3) is 0.158. The molecule has 0 radical (unpaired) electrons. The summed E-state index contributed by atoms with van der Waals surface area (Å²) in [5.41, 5.74) is 3.09. The van der Waals surface area contributed by atoms with Crippen LogP contribution in [0.5, 0.6) is 0 Å². The Labute approximate surface area is 145 Å². The summed E-state index contributed by atoms with van der Waals surface area (Å²) in [7, 11) is 2.06. The van der Waals surface area contributed by atoms with Gasteiger partial charge in [-0.25, -0.2) is 9.37 Å². The van der Waals surface area contributed by atoms with Gasteiger partial charge in [-0.2, -0.15) is 4.37 Å². The highest BCUT2D eigenvalue weighted by molar-refractivity contribution is 7.09. The van der Waals surface area contributed by atoms with Gasteiger partial charge in [-0.15, -0.1) is 6.58 Å². The van der Waals surface area contributed by atoms with Gasteiger partial charge in [0.15, 0.2) is 5.82 Å². The molecule has 24 heavy (non-hydrogen) atoms. The highest BCUT2D eigenvalue weighted by Crippen LogP contribution is 2.26. The standard InChI is InChI=1S/C19H18FN3S/c1-3-12-23(2)13-14-4-6-15(7-5-14)18-21-19(24-22-18)16-8-10-17(20)11-9-16/h3-11H,1,12-13H2,2H3. The highest BCUT2D eigenvalue weighted by atomic mass is 32.1. The van der Waals surface area contributed by atoms with Gasteiger partial charge in [0.05, 0.1) is 0 Å². The van der Waals surface area contributed by atoms with Crippen molar-refractivity contribution in [3.8, 4) is 22.0 Å². The largest absolute Gasteiger partial charge is 0.298 e. The van der Waals surface area contributed by atoms with Crippen LogP contribution < -0.4 is 0 Å². The van der Waals surface area contributed by atoms with E-state index in [1.165, 1.54) is 29.2 Å². The summed E-state index contributed by atoms with van der Waals surface area (Å²) >= 11 is 1.32. The second-order valence-corrected chi connectivity index (χ2v) is 6.36. The summed E-state index contributed by atoms with van der Waals surface area (Å²) < 4.78 is 17.4. The lowest BCUT2D eigenvalue weighted by atomic mass is 10.1. The van der Waals surface area contributed by atoms with Crippen LogP contribution in [-0.2, 0) is 6.54 Å². The molecule has 0 amide bonds. The zero-order valence-electron chi connectivity index (χ0n) is 13.4. The van der Waals surface area contributed by atoms with Crippen molar-refractivity contribution in [2.45, 2.75) is 6.54 Å². The number of hydrogen-bond donors (Lipinski definition) is 0. The number of aromatic nitrogens is 2. The fourth-order valence-corrected chi connectivity index (χ4v) is 3.09. The molecular weight excluding hydrogens is 321 g/mol. The number of nitrogens with zero attached hydrogens (tertiary/aromatic N) is 3. The summed E-state index contributed by atoms with van der Waals surface area (Å²) in [6, 6.07) is 14.6. The number of rotatable bonds is 6. The summed E-state index contributed by atoms with van der Waals surface area (Å²) in [6.45, 7) is 5.48. The summed E-state index contributed by atoms with van der Waals surface area (Å²) in [6.07, 6.45) is 1.89. The van der Waals surface area contributed by atoms with Gasteiger partial charge in [-0.05, 0) is 48.4 Å². The Bertz CT molecular complexity index is 809. The molecule has 122 valence electrons. The molecule has 0 N–H and O–H groups in total. The maximum Gasteiger partial charge on any atom is 0.173 e. The molecule has 3 rings (SSSR count). The molecule has 3 aromatic rings. The monoisotopic (exact) mass is 339 g/mol. The van der Waals surface area contributed by atoms with Gasteiger partial charge in [0.1, 0.15) is 10.8 Å². The van der Waals surface area contributed by atoms with E-state index in [4.69, 9.17) is 0 Å². The molecular formula is C19H18FN3S. The van der Waals surface area contributed by atoms with Gasteiger partial charge in [-0.3, -0.25) is 4.90 Å². The second-order valence-electron chi connectivity index (χ2n) is 5.61. The van der Waals surface area contributed by atoms with Gasteiger partial charge in [-0.1, -0.05) is 30.3 Å². The van der Waals surface area contributed by atoms with E-state index in [1.807, 2.05) is 18.2 Å². The number of halogens is 1. The van der Waals surface area contributed by atoms with Crippen LogP contribution in [0.1, 0.15) is 5.56 Å². The Morgan fingerprint density at radius 2 is 1.75 bits per heavy atom. The first-order valence-electron chi connectivity index (χ1n) is 7.64. The minimum absolute atomic E-state index is 0.250. The summed E-state index contributed by atoms with van der Waals surface area (Å²) in [5, 5.41) is 0.791. The van der Waals surface area contributed by atoms with E-state index >= 15 is 0 Å². The molecule has 0 saturated carbocycles. The molecule has 2 aromatic carbocycles. The second kappa shape index (κ2) is 7.47. The molecule has 0 unspecified atom stereocenters. The average molecular weight is 339 g/mol. The van der Waals surface area contributed by atoms with Crippen LogP contribution in [0.25, 0.3) is 22.0 Å². The van der Waals surface area contributed by atoms with Crippen LogP contribution in [0.15, 0.2) is 61.2 Å². The Balaban J connectivity index is 1.75. The number of hydrogen-bond acceptors (Lipinski definition) is 4. The van der Waals surface area contributed by atoms with Gasteiger partial charge in [0.2, 0.25) is 0 Å². The summed E-state index contributed by atoms with van der Waals surface area (Å²) in [5.74, 6) is 0.450. The van der Waals surface area contributed by atoms with E-state index in [0.717, 1.165) is 29.2 Å². The topological polar surface area (TPSA) is 29.0 Å². The molecule has 0 spiro atoms. The smallest absolute Gasteiger partial charge is 0.173 e. The third kappa shape index (κ3) is 3.93. The molecule has 1 aromatic heterocycles. The van der Waals surface area contributed by atoms with E-state index < -0.39 is 0 Å². The molecule has 0 bridgehead atoms. The van der Waals surface area contributed by atoms with E-state index in [9.17, 15) is 4.39 Å². The van der Waals surface area contributed by atoms with Crippen molar-refractivity contribution < 1.29 is 4.39 Å². The summed E-state index contributed by atoms with van der Waals surface area (Å²) in [4.78, 5) is 6.75. The quantitative estimate of drug-likeness (QED) is 0.613.